The summed E-state index contributed by atoms with van der Waals surface area (Å²) in [4.78, 5) is 9.57. The molecular formula is C50H49IrN7OSi-2. The van der Waals surface area contributed by atoms with E-state index in [4.69, 9.17) is 10.8 Å². The zero-order chi connectivity index (χ0) is 42.3. The molecule has 0 saturated heterocycles. The molecule has 0 aliphatic carbocycles. The van der Waals surface area contributed by atoms with Crippen LogP contribution in [0, 0.1) is 12.1 Å². The first kappa shape index (κ1) is 41.1. The number of imidazole rings is 1. The van der Waals surface area contributed by atoms with Crippen LogP contribution in [0.2, 0.25) is 19.6 Å². The van der Waals surface area contributed by atoms with Crippen molar-refractivity contribution in [1.82, 2.24) is 35.2 Å². The molecule has 0 amide bonds. The largest absolute Gasteiger partial charge is 0.501 e. The van der Waals surface area contributed by atoms with E-state index in [1.807, 2.05) is 80.7 Å². The third kappa shape index (κ3) is 8.24. The quantitative estimate of drug-likeness (QED) is 0.111. The first-order valence-corrected chi connectivity index (χ1v) is 23.7. The SMILES string of the molecule is CC(C)c1cc(-c2ccccc2)cc(C(C)C)c1-n1c(-c2[c-]ccc3c2oc2ccccc23)nc2nnnnc21.[2H]C(C)(C)c1cc(-c2[c-]cccc2)ncc1[Si](C)(C)C.[Ir]. The fourth-order valence-electron chi connectivity index (χ4n) is 7.70. The summed E-state index contributed by atoms with van der Waals surface area (Å²) in [6.07, 6.45) is 1.98. The van der Waals surface area contributed by atoms with Crippen LogP contribution in [0.5, 0.6) is 0 Å². The fraction of sp³-hybridized carbons (Fsp3) is 0.240. The smallest absolute Gasteiger partial charge is 0.214 e. The molecule has 1 radical (unpaired) electrons. The van der Waals surface area contributed by atoms with E-state index >= 15 is 0 Å². The molecule has 0 fully saturated rings. The zero-order valence-electron chi connectivity index (χ0n) is 36.5. The van der Waals surface area contributed by atoms with Crippen LogP contribution in [-0.4, -0.2) is 43.2 Å². The van der Waals surface area contributed by atoms with Crippen LogP contribution in [0.25, 0.3) is 72.7 Å². The van der Waals surface area contributed by atoms with Crippen LogP contribution in [-0.2, 0) is 20.1 Å². The predicted molar refractivity (Wildman–Crippen MR) is 243 cm³/mol. The number of fused-ring (bicyclic) bond motifs is 4. The second kappa shape index (κ2) is 17.5. The minimum absolute atomic E-state index is 0. The molecule has 305 valence electrons. The maximum atomic E-state index is 8.44. The van der Waals surface area contributed by atoms with Crippen LogP contribution in [0.4, 0.5) is 0 Å². The summed E-state index contributed by atoms with van der Waals surface area (Å²) in [5, 5.41) is 19.7. The molecule has 4 aromatic heterocycles. The minimum Gasteiger partial charge on any atom is -0.501 e. The number of nitrogens with zero attached hydrogens (tertiary/aromatic N) is 7. The maximum Gasteiger partial charge on any atom is 0.214 e. The van der Waals surface area contributed by atoms with Crippen LogP contribution >= 0.6 is 0 Å². The van der Waals surface area contributed by atoms with E-state index in [0.717, 1.165) is 50.0 Å². The molecule has 8 nitrogen and oxygen atoms in total. The molecule has 0 atom stereocenters. The van der Waals surface area contributed by atoms with Gasteiger partial charge in [-0.3, -0.25) is 4.98 Å². The molecule has 4 heterocycles. The van der Waals surface area contributed by atoms with E-state index in [9.17, 15) is 0 Å². The third-order valence-corrected chi connectivity index (χ3v) is 12.7. The average molecular weight is 985 g/mol. The van der Waals surface area contributed by atoms with Crippen molar-refractivity contribution >= 4 is 46.5 Å². The Kier molecular flexibility index (Phi) is 12.0. The van der Waals surface area contributed by atoms with E-state index in [1.54, 1.807) is 0 Å². The van der Waals surface area contributed by atoms with E-state index < -0.39 is 14.0 Å². The summed E-state index contributed by atoms with van der Waals surface area (Å²) in [6, 6.07) is 43.6. The molecule has 9 rings (SSSR count). The second-order valence-corrected chi connectivity index (χ2v) is 21.8. The van der Waals surface area contributed by atoms with Crippen molar-refractivity contribution in [2.45, 2.75) is 78.9 Å². The molecule has 0 saturated carbocycles. The van der Waals surface area contributed by atoms with Crippen molar-refractivity contribution in [2.24, 2.45) is 0 Å². The fourth-order valence-corrected chi connectivity index (χ4v) is 9.28. The Bertz CT molecular complexity index is 2940. The Balaban J connectivity index is 0.000000226. The average Bonchev–Trinajstić information content (AvgIpc) is 3.82. The van der Waals surface area contributed by atoms with Crippen LogP contribution in [0.3, 0.4) is 0 Å². The van der Waals surface area contributed by atoms with E-state index in [-0.39, 0.29) is 31.9 Å². The molecule has 60 heavy (non-hydrogen) atoms. The molecule has 10 heteroatoms. The predicted octanol–water partition coefficient (Wildman–Crippen LogP) is 12.1. The Morgan fingerprint density at radius 3 is 2.05 bits per heavy atom. The number of para-hydroxylation sites is 1. The van der Waals surface area contributed by atoms with Gasteiger partial charge in [0, 0.05) is 38.7 Å². The van der Waals surface area contributed by atoms with Gasteiger partial charge in [-0.1, -0.05) is 132 Å². The summed E-state index contributed by atoms with van der Waals surface area (Å²) in [5.74, 6) is 0.471. The Morgan fingerprint density at radius 1 is 0.700 bits per heavy atom. The molecular weight excluding hydrogens is 935 g/mol. The number of pyridine rings is 1. The van der Waals surface area contributed by atoms with Gasteiger partial charge in [-0.25, -0.2) is 0 Å². The van der Waals surface area contributed by atoms with Gasteiger partial charge >= 0.3 is 0 Å². The first-order valence-electron chi connectivity index (χ1n) is 20.7. The summed E-state index contributed by atoms with van der Waals surface area (Å²) in [7, 11) is -1.50. The van der Waals surface area contributed by atoms with Gasteiger partial charge in [0.2, 0.25) is 11.3 Å². The molecule has 0 bridgehead atoms. The van der Waals surface area contributed by atoms with Crippen LogP contribution in [0.15, 0.2) is 120 Å². The van der Waals surface area contributed by atoms with Crippen molar-refractivity contribution in [3.8, 4) is 39.5 Å². The van der Waals surface area contributed by atoms with Crippen molar-refractivity contribution in [3.63, 3.8) is 0 Å². The molecule has 9 aromatic rings. The Hall–Kier alpha value is -5.67. The summed E-state index contributed by atoms with van der Waals surface area (Å²) in [5.41, 5.74) is 12.0. The summed E-state index contributed by atoms with van der Waals surface area (Å²) < 4.78 is 16.9. The topological polar surface area (TPSA) is 95.4 Å². The Morgan fingerprint density at radius 2 is 1.38 bits per heavy atom. The van der Waals surface area contributed by atoms with E-state index in [0.29, 0.717) is 17.1 Å². The second-order valence-electron chi connectivity index (χ2n) is 16.8. The first-order chi connectivity index (χ1) is 28.7. The van der Waals surface area contributed by atoms with Gasteiger partial charge in [-0.2, -0.15) is 0 Å². The van der Waals surface area contributed by atoms with Gasteiger partial charge < -0.3 is 14.0 Å². The van der Waals surface area contributed by atoms with Crippen molar-refractivity contribution < 1.29 is 25.9 Å². The van der Waals surface area contributed by atoms with Gasteiger partial charge in [0.25, 0.3) is 0 Å². The number of benzene rings is 5. The van der Waals surface area contributed by atoms with Gasteiger partial charge in [0.1, 0.15) is 5.58 Å². The van der Waals surface area contributed by atoms with E-state index in [1.165, 1.54) is 27.4 Å². The number of furan rings is 1. The molecule has 0 spiro atoms. The number of aromatic nitrogens is 7. The number of hydrogen-bond donors (Lipinski definition) is 0. The third-order valence-electron chi connectivity index (χ3n) is 10.7. The monoisotopic (exact) mass is 985 g/mol. The van der Waals surface area contributed by atoms with Gasteiger partial charge in [0.05, 0.1) is 19.5 Å². The molecule has 5 aromatic carbocycles. The molecule has 0 unspecified atom stereocenters. The minimum atomic E-state index is -1.50. The standard InChI is InChI=1S/C33H27N6O.C17H22NSi.Ir/c1-19(2)26-17-22(21-11-6-5-7-12-21)18-27(20(3)4)29(26)39-32(34-31-33(39)36-38-37-35-31)25-15-10-14-24-23-13-8-9-16-28(23)40-30(24)25;1-13(2)15-11-16(14-9-7-6-8-10-14)18-12-17(15)19(3,4)5;/h5-14,16-20H,1-4H3;6-9,11-13H,1-5H3;/q2*-1;/i;13D;. The van der Waals surface area contributed by atoms with Crippen molar-refractivity contribution in [3.05, 3.63) is 144 Å². The zero-order valence-corrected chi connectivity index (χ0v) is 38.9. The summed E-state index contributed by atoms with van der Waals surface area (Å²) >= 11 is 0. The Labute approximate surface area is 368 Å². The molecule has 0 aliphatic heterocycles. The maximum absolute atomic E-state index is 8.44. The van der Waals surface area contributed by atoms with Crippen molar-refractivity contribution in [1.29, 1.82) is 0 Å². The number of hydrogen-bond acceptors (Lipinski definition) is 7. The molecule has 0 aliphatic rings. The van der Waals surface area contributed by atoms with Gasteiger partial charge in [-0.15, -0.1) is 64.3 Å². The van der Waals surface area contributed by atoms with Gasteiger partial charge in [0.15, 0.2) is 0 Å². The van der Waals surface area contributed by atoms with E-state index in [2.05, 4.69) is 138 Å². The van der Waals surface area contributed by atoms with Crippen LogP contribution < -0.4 is 5.19 Å². The summed E-state index contributed by atoms with van der Waals surface area (Å²) in [6.45, 7) is 19.7. The normalized spacial score (nSPS) is 12.2. The molecule has 0 N–H and O–H groups in total. The number of rotatable bonds is 8. The van der Waals surface area contributed by atoms with Crippen LogP contribution in [0.1, 0.15) is 77.3 Å². The van der Waals surface area contributed by atoms with Gasteiger partial charge in [-0.05, 0) is 79.5 Å². The van der Waals surface area contributed by atoms with Crippen molar-refractivity contribution in [2.75, 3.05) is 0 Å².